The van der Waals surface area contributed by atoms with Gasteiger partial charge in [0.1, 0.15) is 11.6 Å². The lowest BCUT2D eigenvalue weighted by Crippen LogP contribution is -2.22. The normalized spacial score (nSPS) is 10.4. The van der Waals surface area contributed by atoms with E-state index in [0.29, 0.717) is 17.2 Å². The number of benzene rings is 2. The number of carbonyl (C=O) groups excluding carboxylic acids is 1. The van der Waals surface area contributed by atoms with Crippen molar-refractivity contribution in [2.24, 2.45) is 0 Å². The predicted octanol–water partition coefficient (Wildman–Crippen LogP) is 3.25. The number of hydrogen-bond acceptors (Lipinski definition) is 6. The van der Waals surface area contributed by atoms with E-state index in [1.807, 2.05) is 0 Å². The summed E-state index contributed by atoms with van der Waals surface area (Å²) in [6.45, 7) is 1.40. The number of nitrogens with one attached hydrogen (secondary N) is 1. The lowest BCUT2D eigenvalue weighted by Gasteiger charge is -2.11. The molecule has 1 amide bonds. The van der Waals surface area contributed by atoms with E-state index in [4.69, 9.17) is 9.47 Å². The Morgan fingerprint density at radius 2 is 1.93 bits per heavy atom. The molecule has 0 radical (unpaired) electrons. The van der Waals surface area contributed by atoms with E-state index in [1.165, 1.54) is 54.3 Å². The molecular formula is C19H17FN4O5. The molecule has 0 fully saturated rings. The first-order chi connectivity index (χ1) is 13.9. The van der Waals surface area contributed by atoms with E-state index in [0.717, 1.165) is 0 Å². The number of non-ortho nitro benzene ring substituents is 1. The first-order valence-electron chi connectivity index (χ1n) is 8.45. The number of nitro benzene ring substituents is 1. The molecule has 3 aromatic rings. The van der Waals surface area contributed by atoms with Crippen molar-refractivity contribution in [2.45, 2.75) is 6.92 Å². The van der Waals surface area contributed by atoms with Gasteiger partial charge < -0.3 is 14.8 Å². The van der Waals surface area contributed by atoms with E-state index < -0.39 is 10.8 Å². The van der Waals surface area contributed by atoms with E-state index >= 15 is 0 Å². The minimum Gasteiger partial charge on any atom is -0.493 e. The maximum Gasteiger partial charge on any atom is 0.273 e. The molecule has 0 unspecified atom stereocenters. The van der Waals surface area contributed by atoms with Crippen LogP contribution in [0.1, 0.15) is 5.69 Å². The molecule has 29 heavy (non-hydrogen) atoms. The zero-order chi connectivity index (χ0) is 21.0. The van der Waals surface area contributed by atoms with Gasteiger partial charge in [-0.05, 0) is 37.3 Å². The Hall–Kier alpha value is -3.95. The largest absolute Gasteiger partial charge is 0.493 e. The smallest absolute Gasteiger partial charge is 0.273 e. The van der Waals surface area contributed by atoms with Crippen LogP contribution in [-0.4, -0.2) is 34.3 Å². The summed E-state index contributed by atoms with van der Waals surface area (Å²) in [6.07, 6.45) is 0. The fourth-order valence-electron chi connectivity index (χ4n) is 2.58. The molecule has 0 aliphatic rings. The van der Waals surface area contributed by atoms with Crippen LogP contribution in [0.15, 0.2) is 48.5 Å². The molecule has 0 bridgehead atoms. The van der Waals surface area contributed by atoms with Crippen LogP contribution < -0.4 is 14.8 Å². The molecule has 0 aliphatic carbocycles. The third-order valence-electron chi connectivity index (χ3n) is 3.89. The lowest BCUT2D eigenvalue weighted by atomic mass is 10.3. The molecule has 0 saturated carbocycles. The fraction of sp³-hybridized carbons (Fsp3) is 0.158. The van der Waals surface area contributed by atoms with Crippen molar-refractivity contribution in [1.82, 2.24) is 9.78 Å². The maximum absolute atomic E-state index is 13.1. The Kier molecular flexibility index (Phi) is 5.72. The average Bonchev–Trinajstić information content (AvgIpc) is 3.06. The second-order valence-electron chi connectivity index (χ2n) is 5.99. The molecule has 9 nitrogen and oxygen atoms in total. The number of nitro groups is 1. The van der Waals surface area contributed by atoms with Gasteiger partial charge in [0.2, 0.25) is 0 Å². The van der Waals surface area contributed by atoms with Crippen LogP contribution in [0.4, 0.5) is 15.9 Å². The number of hydrogen-bond donors (Lipinski definition) is 1. The first-order valence-corrected chi connectivity index (χ1v) is 8.45. The number of methoxy groups -OCH3 is 1. The molecule has 2 aromatic carbocycles. The SMILES string of the molecule is COc1cc([N+](=O)[O-])ccc1OCC(=O)Nc1cc(C)nn1-c1ccc(F)cc1. The van der Waals surface area contributed by atoms with E-state index in [1.54, 1.807) is 13.0 Å². The molecule has 0 saturated heterocycles. The van der Waals surface area contributed by atoms with Gasteiger partial charge in [0, 0.05) is 12.1 Å². The van der Waals surface area contributed by atoms with E-state index in [2.05, 4.69) is 10.4 Å². The van der Waals surface area contributed by atoms with Crippen molar-refractivity contribution in [3.8, 4) is 17.2 Å². The Balaban J connectivity index is 1.71. The summed E-state index contributed by atoms with van der Waals surface area (Å²) in [6, 6.07) is 11.1. The van der Waals surface area contributed by atoms with Crippen molar-refractivity contribution in [2.75, 3.05) is 19.0 Å². The number of amides is 1. The fourth-order valence-corrected chi connectivity index (χ4v) is 2.58. The van der Waals surface area contributed by atoms with Gasteiger partial charge in [0.05, 0.1) is 29.5 Å². The molecule has 3 rings (SSSR count). The Bertz CT molecular complexity index is 1050. The van der Waals surface area contributed by atoms with Gasteiger partial charge in [-0.1, -0.05) is 0 Å². The number of nitrogens with zero attached hydrogens (tertiary/aromatic N) is 3. The Morgan fingerprint density at radius 3 is 2.59 bits per heavy atom. The van der Waals surface area contributed by atoms with Gasteiger partial charge in [0.25, 0.3) is 11.6 Å². The molecule has 0 aliphatic heterocycles. The van der Waals surface area contributed by atoms with Crippen molar-refractivity contribution < 1.29 is 23.6 Å². The number of aromatic nitrogens is 2. The molecule has 1 aromatic heterocycles. The number of rotatable bonds is 7. The predicted molar refractivity (Wildman–Crippen MR) is 102 cm³/mol. The highest BCUT2D eigenvalue weighted by molar-refractivity contribution is 5.91. The molecule has 1 heterocycles. The zero-order valence-electron chi connectivity index (χ0n) is 15.6. The Morgan fingerprint density at radius 1 is 1.21 bits per heavy atom. The molecular weight excluding hydrogens is 383 g/mol. The topological polar surface area (TPSA) is 109 Å². The summed E-state index contributed by atoms with van der Waals surface area (Å²) in [4.78, 5) is 22.6. The van der Waals surface area contributed by atoms with Gasteiger partial charge >= 0.3 is 0 Å². The summed E-state index contributed by atoms with van der Waals surface area (Å²) in [5.41, 5.74) is 1.08. The van der Waals surface area contributed by atoms with Crippen LogP contribution in [0.2, 0.25) is 0 Å². The average molecular weight is 400 g/mol. The first kappa shape index (κ1) is 19.8. The zero-order valence-corrected chi connectivity index (χ0v) is 15.6. The minimum absolute atomic E-state index is 0.138. The number of aryl methyl sites for hydroxylation is 1. The second kappa shape index (κ2) is 8.38. The highest BCUT2D eigenvalue weighted by Gasteiger charge is 2.15. The van der Waals surface area contributed by atoms with Gasteiger partial charge in [-0.2, -0.15) is 5.10 Å². The summed E-state index contributed by atoms with van der Waals surface area (Å²) >= 11 is 0. The second-order valence-corrected chi connectivity index (χ2v) is 5.99. The summed E-state index contributed by atoms with van der Waals surface area (Å²) < 4.78 is 25.1. The van der Waals surface area contributed by atoms with Crippen LogP contribution in [0.25, 0.3) is 5.69 Å². The number of halogens is 1. The van der Waals surface area contributed by atoms with E-state index in [9.17, 15) is 19.3 Å². The summed E-state index contributed by atoms with van der Waals surface area (Å²) in [7, 11) is 1.34. The van der Waals surface area contributed by atoms with Gasteiger partial charge in [-0.3, -0.25) is 14.9 Å². The van der Waals surface area contributed by atoms with Crippen LogP contribution in [-0.2, 0) is 4.79 Å². The van der Waals surface area contributed by atoms with Crippen molar-refractivity contribution in [3.05, 3.63) is 70.2 Å². The van der Waals surface area contributed by atoms with E-state index in [-0.39, 0.29) is 29.6 Å². The number of carbonyl (C=O) groups is 1. The maximum atomic E-state index is 13.1. The molecule has 0 atom stereocenters. The molecule has 150 valence electrons. The third-order valence-corrected chi connectivity index (χ3v) is 3.89. The molecule has 0 spiro atoms. The van der Waals surface area contributed by atoms with Crippen LogP contribution in [0.5, 0.6) is 11.5 Å². The number of ether oxygens (including phenoxy) is 2. The summed E-state index contributed by atoms with van der Waals surface area (Å²) in [5, 5.41) is 17.8. The van der Waals surface area contributed by atoms with Gasteiger partial charge in [-0.25, -0.2) is 9.07 Å². The molecule has 1 N–H and O–H groups in total. The van der Waals surface area contributed by atoms with Crippen molar-refractivity contribution >= 4 is 17.4 Å². The minimum atomic E-state index is -0.558. The summed E-state index contributed by atoms with van der Waals surface area (Å²) in [5.74, 6) is -0.142. The van der Waals surface area contributed by atoms with Gasteiger partial charge in [0.15, 0.2) is 18.1 Å². The van der Waals surface area contributed by atoms with Crippen LogP contribution >= 0.6 is 0 Å². The van der Waals surface area contributed by atoms with Crippen LogP contribution in [0, 0.1) is 22.9 Å². The molecule has 10 heteroatoms. The third kappa shape index (κ3) is 4.67. The highest BCUT2D eigenvalue weighted by atomic mass is 19.1. The van der Waals surface area contributed by atoms with Gasteiger partial charge in [-0.15, -0.1) is 0 Å². The lowest BCUT2D eigenvalue weighted by molar-refractivity contribution is -0.384. The highest BCUT2D eigenvalue weighted by Crippen LogP contribution is 2.31. The van der Waals surface area contributed by atoms with Crippen molar-refractivity contribution in [1.29, 1.82) is 0 Å². The standard InChI is InChI=1S/C19H17FN4O5/c1-12-9-18(23(22-12)14-5-3-13(20)4-6-14)21-19(25)11-29-16-8-7-15(24(26)27)10-17(16)28-2/h3-10H,11H2,1-2H3,(H,21,25). The monoisotopic (exact) mass is 400 g/mol. The van der Waals surface area contributed by atoms with Crippen molar-refractivity contribution in [3.63, 3.8) is 0 Å². The number of anilines is 1. The van der Waals surface area contributed by atoms with Crippen LogP contribution in [0.3, 0.4) is 0 Å². The quantitative estimate of drug-likeness (QED) is 0.482. The Labute approximate surface area is 164 Å².